The zero-order chi connectivity index (χ0) is 26.4. The molecule has 1 aromatic heterocycles. The van der Waals surface area contributed by atoms with E-state index in [4.69, 9.17) is 21.1 Å². The number of benzene rings is 2. The molecule has 4 rings (SSSR count). The Bertz CT molecular complexity index is 1230. The van der Waals surface area contributed by atoms with Crippen LogP contribution in [0.1, 0.15) is 36.8 Å². The van der Waals surface area contributed by atoms with Crippen molar-refractivity contribution in [2.24, 2.45) is 0 Å². The van der Waals surface area contributed by atoms with Crippen molar-refractivity contribution in [1.29, 1.82) is 0 Å². The Morgan fingerprint density at radius 3 is 2.70 bits per heavy atom. The average molecular weight is 542 g/mol. The standard InChI is InChI=1S/C28H32ClN3O4S/c1-4-19(2)32(28(34)30-21-9-7-8-20(29)16-21)17-27(33)31-14-12-26-22(13-15-37-26)23(31)18-36-25-11-6-5-10-24(25)35-3/h5-11,13,15-16,19,23H,4,12,14,17-18H2,1-3H3,(H,30,34)/t19-,23-/m1/s1. The maximum absolute atomic E-state index is 13.7. The van der Waals surface area contributed by atoms with Gasteiger partial charge in [-0.1, -0.05) is 36.7 Å². The molecule has 0 fully saturated rings. The highest BCUT2D eigenvalue weighted by atomic mass is 35.5. The number of carbonyl (C=O) groups excluding carboxylic acids is 2. The van der Waals surface area contributed by atoms with Crippen LogP contribution in [-0.4, -0.2) is 54.6 Å². The van der Waals surface area contributed by atoms with Crippen molar-refractivity contribution in [1.82, 2.24) is 9.80 Å². The molecule has 9 heteroatoms. The number of para-hydroxylation sites is 2. The van der Waals surface area contributed by atoms with Crippen molar-refractivity contribution in [2.45, 2.75) is 38.8 Å². The van der Waals surface area contributed by atoms with Gasteiger partial charge in [-0.2, -0.15) is 0 Å². The van der Waals surface area contributed by atoms with Gasteiger partial charge in [0.1, 0.15) is 13.2 Å². The van der Waals surface area contributed by atoms with Gasteiger partial charge in [0.2, 0.25) is 5.91 Å². The first-order chi connectivity index (χ1) is 17.9. The molecule has 3 aromatic rings. The number of hydrogen-bond acceptors (Lipinski definition) is 5. The van der Waals surface area contributed by atoms with Gasteiger partial charge >= 0.3 is 6.03 Å². The summed E-state index contributed by atoms with van der Waals surface area (Å²) in [5.74, 6) is 1.15. The van der Waals surface area contributed by atoms with Gasteiger partial charge in [-0.15, -0.1) is 11.3 Å². The number of amides is 3. The normalized spacial score (nSPS) is 15.5. The Kier molecular flexibility index (Phi) is 8.95. The summed E-state index contributed by atoms with van der Waals surface area (Å²) in [6.45, 7) is 4.76. The molecule has 1 aliphatic heterocycles. The number of fused-ring (bicyclic) bond motifs is 1. The average Bonchev–Trinajstić information content (AvgIpc) is 3.39. The quantitative estimate of drug-likeness (QED) is 0.348. The fourth-order valence-electron chi connectivity index (χ4n) is 4.43. The van der Waals surface area contributed by atoms with E-state index in [0.29, 0.717) is 35.2 Å². The Hall–Kier alpha value is -3.23. The van der Waals surface area contributed by atoms with Gasteiger partial charge in [-0.05, 0) is 67.1 Å². The molecule has 7 nitrogen and oxygen atoms in total. The zero-order valence-corrected chi connectivity index (χ0v) is 22.8. The molecular weight excluding hydrogens is 510 g/mol. The summed E-state index contributed by atoms with van der Waals surface area (Å²) >= 11 is 7.78. The summed E-state index contributed by atoms with van der Waals surface area (Å²) < 4.78 is 11.6. The Labute approximate surface area is 226 Å². The number of methoxy groups -OCH3 is 1. The highest BCUT2D eigenvalue weighted by Gasteiger charge is 2.34. The highest BCUT2D eigenvalue weighted by molar-refractivity contribution is 7.10. The van der Waals surface area contributed by atoms with Crippen LogP contribution in [0, 0.1) is 0 Å². The third-order valence-corrected chi connectivity index (χ3v) is 7.88. The van der Waals surface area contributed by atoms with E-state index >= 15 is 0 Å². The minimum absolute atomic E-state index is 0.0357. The molecule has 2 atom stereocenters. The van der Waals surface area contributed by atoms with Gasteiger partial charge in [-0.3, -0.25) is 4.79 Å². The van der Waals surface area contributed by atoms with Crippen LogP contribution in [0.5, 0.6) is 11.5 Å². The molecule has 2 heterocycles. The Balaban J connectivity index is 1.52. The molecule has 37 heavy (non-hydrogen) atoms. The van der Waals surface area contributed by atoms with Crippen molar-refractivity contribution in [3.63, 3.8) is 0 Å². The van der Waals surface area contributed by atoms with Gasteiger partial charge in [-0.25, -0.2) is 4.79 Å². The van der Waals surface area contributed by atoms with E-state index in [1.807, 2.05) is 43.0 Å². The number of halogens is 1. The molecule has 196 valence electrons. The minimum atomic E-state index is -0.333. The SMILES string of the molecule is CC[C@@H](C)N(CC(=O)N1CCc2sccc2[C@H]1COc1ccccc1OC)C(=O)Nc1cccc(Cl)c1. The molecule has 1 N–H and O–H groups in total. The number of nitrogens with one attached hydrogen (secondary N) is 1. The molecule has 0 radical (unpaired) electrons. The minimum Gasteiger partial charge on any atom is -0.493 e. The third kappa shape index (κ3) is 6.37. The van der Waals surface area contributed by atoms with Crippen molar-refractivity contribution in [3.05, 3.63) is 75.4 Å². The van der Waals surface area contributed by atoms with Crippen LogP contribution in [0.25, 0.3) is 0 Å². The summed E-state index contributed by atoms with van der Waals surface area (Å²) in [6.07, 6.45) is 1.49. The van der Waals surface area contributed by atoms with Crippen molar-refractivity contribution < 1.29 is 19.1 Å². The van der Waals surface area contributed by atoms with E-state index in [2.05, 4.69) is 16.8 Å². The lowest BCUT2D eigenvalue weighted by Gasteiger charge is -2.38. The number of anilines is 1. The molecular formula is C28H32ClN3O4S. The van der Waals surface area contributed by atoms with Crippen molar-refractivity contribution in [3.8, 4) is 11.5 Å². The maximum Gasteiger partial charge on any atom is 0.322 e. The number of urea groups is 1. The van der Waals surface area contributed by atoms with Gasteiger partial charge in [0.05, 0.1) is 13.2 Å². The summed E-state index contributed by atoms with van der Waals surface area (Å²) in [4.78, 5) is 31.6. The zero-order valence-electron chi connectivity index (χ0n) is 21.3. The van der Waals surface area contributed by atoms with E-state index < -0.39 is 0 Å². The molecule has 0 saturated carbocycles. The lowest BCUT2D eigenvalue weighted by Crippen LogP contribution is -2.50. The van der Waals surface area contributed by atoms with E-state index in [0.717, 1.165) is 12.0 Å². The van der Waals surface area contributed by atoms with Crippen LogP contribution in [0.15, 0.2) is 60.0 Å². The fourth-order valence-corrected chi connectivity index (χ4v) is 5.55. The molecule has 0 unspecified atom stereocenters. The number of ether oxygens (including phenoxy) is 2. The highest BCUT2D eigenvalue weighted by Crippen LogP contribution is 2.35. The number of rotatable bonds is 9. The number of thiophene rings is 1. The summed E-state index contributed by atoms with van der Waals surface area (Å²) in [7, 11) is 1.60. The smallest absolute Gasteiger partial charge is 0.322 e. The van der Waals surface area contributed by atoms with Crippen LogP contribution in [0.3, 0.4) is 0 Å². The molecule has 2 aromatic carbocycles. The second-order valence-corrected chi connectivity index (χ2v) is 10.4. The van der Waals surface area contributed by atoms with E-state index in [9.17, 15) is 9.59 Å². The molecule has 0 saturated heterocycles. The monoisotopic (exact) mass is 541 g/mol. The van der Waals surface area contributed by atoms with Crippen molar-refractivity contribution in [2.75, 3.05) is 32.1 Å². The van der Waals surface area contributed by atoms with Gasteiger partial charge in [0.25, 0.3) is 0 Å². The first kappa shape index (κ1) is 26.8. The largest absolute Gasteiger partial charge is 0.493 e. The molecule has 0 aliphatic carbocycles. The lowest BCUT2D eigenvalue weighted by atomic mass is 10.00. The van der Waals surface area contributed by atoms with Crippen LogP contribution in [0.4, 0.5) is 10.5 Å². The lowest BCUT2D eigenvalue weighted by molar-refractivity contribution is -0.135. The predicted octanol–water partition coefficient (Wildman–Crippen LogP) is 6.25. The first-order valence-electron chi connectivity index (χ1n) is 12.4. The van der Waals surface area contributed by atoms with Gasteiger partial charge in [0, 0.05) is 28.2 Å². The Morgan fingerprint density at radius 1 is 1.19 bits per heavy atom. The van der Waals surface area contributed by atoms with Crippen LogP contribution < -0.4 is 14.8 Å². The first-order valence-corrected chi connectivity index (χ1v) is 13.6. The van der Waals surface area contributed by atoms with Gasteiger partial charge < -0.3 is 24.6 Å². The third-order valence-electron chi connectivity index (χ3n) is 6.65. The number of nitrogens with zero attached hydrogens (tertiary/aromatic N) is 2. The van der Waals surface area contributed by atoms with Crippen LogP contribution in [0.2, 0.25) is 5.02 Å². The maximum atomic E-state index is 13.7. The van der Waals surface area contributed by atoms with E-state index in [1.54, 1.807) is 47.6 Å². The second-order valence-electron chi connectivity index (χ2n) is 8.94. The number of hydrogen-bond donors (Lipinski definition) is 1. The van der Waals surface area contributed by atoms with E-state index in [1.165, 1.54) is 4.88 Å². The van der Waals surface area contributed by atoms with Crippen molar-refractivity contribution >= 4 is 40.6 Å². The van der Waals surface area contributed by atoms with Crippen LogP contribution in [-0.2, 0) is 11.2 Å². The van der Waals surface area contributed by atoms with Gasteiger partial charge in [0.15, 0.2) is 11.5 Å². The summed E-state index contributed by atoms with van der Waals surface area (Å²) in [5, 5.41) is 5.47. The van der Waals surface area contributed by atoms with Crippen LogP contribution >= 0.6 is 22.9 Å². The summed E-state index contributed by atoms with van der Waals surface area (Å²) in [6, 6.07) is 15.8. The molecule has 3 amide bonds. The molecule has 0 bridgehead atoms. The topological polar surface area (TPSA) is 71.1 Å². The number of carbonyl (C=O) groups is 2. The van der Waals surface area contributed by atoms with E-state index in [-0.39, 0.29) is 37.2 Å². The molecule has 0 spiro atoms. The fraction of sp³-hybridized carbons (Fsp3) is 0.357. The summed E-state index contributed by atoms with van der Waals surface area (Å²) in [5.41, 5.74) is 1.68. The Morgan fingerprint density at radius 2 is 1.97 bits per heavy atom. The predicted molar refractivity (Wildman–Crippen MR) is 148 cm³/mol. The second kappa shape index (κ2) is 12.3. The molecule has 1 aliphatic rings.